The molecule has 1 aliphatic rings. The monoisotopic (exact) mass is 390 g/mol. The van der Waals surface area contributed by atoms with Crippen LogP contribution in [0.15, 0.2) is 41.7 Å². The zero-order chi connectivity index (χ0) is 20.4. The third kappa shape index (κ3) is 3.65. The van der Waals surface area contributed by atoms with Gasteiger partial charge in [0.25, 0.3) is 0 Å². The number of aryl methyl sites for hydroxylation is 1. The Kier molecular flexibility index (Phi) is 5.40. The highest BCUT2D eigenvalue weighted by Crippen LogP contribution is 2.32. The summed E-state index contributed by atoms with van der Waals surface area (Å²) in [6.45, 7) is 8.50. The lowest BCUT2D eigenvalue weighted by Gasteiger charge is -2.35. The zero-order valence-corrected chi connectivity index (χ0v) is 17.3. The minimum absolute atomic E-state index is 0.254. The van der Waals surface area contributed by atoms with Crippen LogP contribution in [0.3, 0.4) is 0 Å². The summed E-state index contributed by atoms with van der Waals surface area (Å²) in [5.74, 6) is 0.931. The molecule has 0 radical (unpaired) electrons. The second-order valence-corrected chi connectivity index (χ2v) is 7.30. The van der Waals surface area contributed by atoms with Crippen LogP contribution < -0.4 is 4.90 Å². The molecule has 0 aromatic carbocycles. The van der Waals surface area contributed by atoms with Gasteiger partial charge in [0, 0.05) is 37.2 Å². The van der Waals surface area contributed by atoms with E-state index in [9.17, 15) is 0 Å². The van der Waals surface area contributed by atoms with E-state index in [4.69, 9.17) is 9.72 Å². The third-order valence-electron chi connectivity index (χ3n) is 5.42. The van der Waals surface area contributed by atoms with E-state index in [0.29, 0.717) is 13.2 Å². The highest BCUT2D eigenvalue weighted by atomic mass is 16.5. The molecule has 0 saturated carbocycles. The lowest BCUT2D eigenvalue weighted by Crippen LogP contribution is -2.44. The number of pyridine rings is 2. The van der Waals surface area contributed by atoms with Crippen molar-refractivity contribution in [2.45, 2.75) is 26.8 Å². The van der Waals surface area contributed by atoms with Crippen LogP contribution in [0.25, 0.3) is 11.1 Å². The van der Waals surface area contributed by atoms with Crippen LogP contribution in [-0.2, 0) is 4.74 Å². The lowest BCUT2D eigenvalue weighted by atomic mass is 9.96. The summed E-state index contributed by atoms with van der Waals surface area (Å²) in [6.07, 6.45) is 3.56. The Bertz CT molecular complexity index is 1030. The largest absolute Gasteiger partial charge is 0.377 e. The standard InChI is InChI=1S/C22H26N6O/c1-14-13-29-11-10-28(14)20-12-18(17-6-5-8-24-16(17)3)15(2)21(26-20)22(23-4)19-7-9-25-27-19/h5-9,12,14H,10-11,13H2,1-4H3,(H,25,27)/t14-/m1/s1. The molecular formula is C22H26N6O. The average molecular weight is 390 g/mol. The quantitative estimate of drug-likeness (QED) is 0.692. The molecule has 4 heterocycles. The Morgan fingerprint density at radius 2 is 2.10 bits per heavy atom. The molecule has 3 aromatic rings. The van der Waals surface area contributed by atoms with E-state index in [-0.39, 0.29) is 6.04 Å². The van der Waals surface area contributed by atoms with E-state index in [2.05, 4.69) is 51.1 Å². The summed E-state index contributed by atoms with van der Waals surface area (Å²) >= 11 is 0. The van der Waals surface area contributed by atoms with Gasteiger partial charge < -0.3 is 9.64 Å². The van der Waals surface area contributed by atoms with Crippen molar-refractivity contribution in [3.05, 3.63) is 59.3 Å². The normalized spacial score (nSPS) is 17.6. The molecule has 0 amide bonds. The Morgan fingerprint density at radius 1 is 1.24 bits per heavy atom. The van der Waals surface area contributed by atoms with Crippen molar-refractivity contribution in [3.63, 3.8) is 0 Å². The van der Waals surface area contributed by atoms with Crippen molar-refractivity contribution in [1.82, 2.24) is 20.2 Å². The number of nitrogens with zero attached hydrogens (tertiary/aromatic N) is 5. The van der Waals surface area contributed by atoms with E-state index in [0.717, 1.165) is 51.8 Å². The number of rotatable bonds is 4. The van der Waals surface area contributed by atoms with Crippen molar-refractivity contribution in [1.29, 1.82) is 0 Å². The van der Waals surface area contributed by atoms with Crippen molar-refractivity contribution in [2.24, 2.45) is 4.99 Å². The Morgan fingerprint density at radius 3 is 2.79 bits per heavy atom. The number of aromatic nitrogens is 4. The molecule has 1 aliphatic heterocycles. The molecule has 0 aliphatic carbocycles. The number of ether oxygens (including phenoxy) is 1. The van der Waals surface area contributed by atoms with Crippen LogP contribution >= 0.6 is 0 Å². The van der Waals surface area contributed by atoms with Gasteiger partial charge in [-0.2, -0.15) is 5.10 Å². The molecule has 0 unspecified atom stereocenters. The van der Waals surface area contributed by atoms with E-state index < -0.39 is 0 Å². The van der Waals surface area contributed by atoms with Crippen LogP contribution in [0.2, 0.25) is 0 Å². The molecule has 7 nitrogen and oxygen atoms in total. The molecule has 29 heavy (non-hydrogen) atoms. The zero-order valence-electron chi connectivity index (χ0n) is 17.3. The maximum absolute atomic E-state index is 5.63. The summed E-state index contributed by atoms with van der Waals surface area (Å²) in [6, 6.07) is 8.43. The number of H-pyrrole nitrogens is 1. The molecule has 1 N–H and O–H groups in total. The fourth-order valence-electron chi connectivity index (χ4n) is 3.83. The lowest BCUT2D eigenvalue weighted by molar-refractivity contribution is 0.0985. The number of aromatic amines is 1. The number of hydrogen-bond acceptors (Lipinski definition) is 6. The van der Waals surface area contributed by atoms with Gasteiger partial charge in [0.05, 0.1) is 30.6 Å². The minimum Gasteiger partial charge on any atom is -0.377 e. The highest BCUT2D eigenvalue weighted by Gasteiger charge is 2.24. The molecule has 4 rings (SSSR count). The first-order valence-corrected chi connectivity index (χ1v) is 9.85. The molecule has 7 heteroatoms. The van der Waals surface area contributed by atoms with Gasteiger partial charge in [-0.1, -0.05) is 6.07 Å². The number of aliphatic imine (C=N–C) groups is 1. The molecular weight excluding hydrogens is 364 g/mol. The molecule has 0 bridgehead atoms. The maximum Gasteiger partial charge on any atom is 0.130 e. The minimum atomic E-state index is 0.254. The molecule has 1 fully saturated rings. The average Bonchev–Trinajstić information content (AvgIpc) is 3.25. The van der Waals surface area contributed by atoms with Crippen LogP contribution in [0.4, 0.5) is 5.82 Å². The van der Waals surface area contributed by atoms with Gasteiger partial charge >= 0.3 is 0 Å². The SMILES string of the molecule is CN=C(c1ccn[nH]1)c1nc(N2CCOC[C@H]2C)cc(-c2cccnc2C)c1C. The van der Waals surface area contributed by atoms with Crippen molar-refractivity contribution >= 4 is 11.5 Å². The van der Waals surface area contributed by atoms with Gasteiger partial charge in [-0.25, -0.2) is 4.98 Å². The summed E-state index contributed by atoms with van der Waals surface area (Å²) in [4.78, 5) is 16.4. The van der Waals surface area contributed by atoms with Gasteiger partial charge in [0.1, 0.15) is 11.5 Å². The van der Waals surface area contributed by atoms with Gasteiger partial charge in [-0.15, -0.1) is 0 Å². The highest BCUT2D eigenvalue weighted by molar-refractivity contribution is 6.12. The predicted octanol–water partition coefficient (Wildman–Crippen LogP) is 3.18. The Labute approximate surface area is 170 Å². The van der Waals surface area contributed by atoms with Crippen LogP contribution in [-0.4, -0.2) is 58.7 Å². The number of nitrogens with one attached hydrogen (secondary N) is 1. The summed E-state index contributed by atoms with van der Waals surface area (Å²) in [5.41, 5.74) is 6.79. The van der Waals surface area contributed by atoms with Crippen LogP contribution in [0, 0.1) is 13.8 Å². The first kappa shape index (κ1) is 19.3. The van der Waals surface area contributed by atoms with Crippen molar-refractivity contribution in [3.8, 4) is 11.1 Å². The number of anilines is 1. The van der Waals surface area contributed by atoms with Gasteiger partial charge in [-0.3, -0.25) is 15.1 Å². The predicted molar refractivity (Wildman–Crippen MR) is 115 cm³/mol. The topological polar surface area (TPSA) is 79.3 Å². The second kappa shape index (κ2) is 8.13. The van der Waals surface area contributed by atoms with E-state index in [1.165, 1.54) is 0 Å². The van der Waals surface area contributed by atoms with Crippen molar-refractivity contribution < 1.29 is 4.74 Å². The Hall–Kier alpha value is -3.06. The molecule has 0 spiro atoms. The Balaban J connectivity index is 1.94. The first-order chi connectivity index (χ1) is 14.1. The maximum atomic E-state index is 5.63. The molecule has 3 aromatic heterocycles. The number of hydrogen-bond donors (Lipinski definition) is 1. The molecule has 1 saturated heterocycles. The smallest absolute Gasteiger partial charge is 0.130 e. The fourth-order valence-corrected chi connectivity index (χ4v) is 3.83. The van der Waals surface area contributed by atoms with E-state index >= 15 is 0 Å². The van der Waals surface area contributed by atoms with Gasteiger partial charge in [0.2, 0.25) is 0 Å². The molecule has 1 atom stereocenters. The van der Waals surface area contributed by atoms with Crippen LogP contribution in [0.5, 0.6) is 0 Å². The first-order valence-electron chi connectivity index (χ1n) is 9.85. The second-order valence-electron chi connectivity index (χ2n) is 7.30. The summed E-state index contributed by atoms with van der Waals surface area (Å²) in [5, 5.41) is 7.12. The van der Waals surface area contributed by atoms with E-state index in [1.807, 2.05) is 25.3 Å². The van der Waals surface area contributed by atoms with Crippen molar-refractivity contribution in [2.75, 3.05) is 31.7 Å². The summed E-state index contributed by atoms with van der Waals surface area (Å²) in [7, 11) is 1.79. The number of morpholine rings is 1. The fraction of sp³-hybridized carbons (Fsp3) is 0.364. The van der Waals surface area contributed by atoms with Gasteiger partial charge in [0.15, 0.2) is 0 Å². The summed E-state index contributed by atoms with van der Waals surface area (Å²) < 4.78 is 5.63. The van der Waals surface area contributed by atoms with Gasteiger partial charge in [-0.05, 0) is 50.1 Å². The third-order valence-corrected chi connectivity index (χ3v) is 5.42. The van der Waals surface area contributed by atoms with E-state index in [1.54, 1.807) is 13.2 Å². The van der Waals surface area contributed by atoms with Crippen LogP contribution in [0.1, 0.15) is 29.6 Å². The molecule has 150 valence electrons.